The Hall–Kier alpha value is -3.04. The number of aryl methyl sites for hydroxylation is 1. The van der Waals surface area contributed by atoms with E-state index in [1.165, 1.54) is 6.07 Å². The lowest BCUT2D eigenvalue weighted by atomic mass is 10.1. The van der Waals surface area contributed by atoms with Crippen molar-refractivity contribution in [3.05, 3.63) is 65.5 Å². The van der Waals surface area contributed by atoms with E-state index >= 15 is 0 Å². The zero-order chi connectivity index (χ0) is 20.6. The molecule has 0 bridgehead atoms. The molecule has 1 aliphatic rings. The molecule has 1 aliphatic heterocycles. The monoisotopic (exact) mass is 410 g/mol. The van der Waals surface area contributed by atoms with Crippen molar-refractivity contribution in [2.45, 2.75) is 37.8 Å². The zero-order valence-corrected chi connectivity index (χ0v) is 17.0. The van der Waals surface area contributed by atoms with Crippen LogP contribution in [0.25, 0.3) is 0 Å². The Kier molecular flexibility index (Phi) is 4.93. The number of hydrogen-bond acceptors (Lipinski definition) is 7. The van der Waals surface area contributed by atoms with Gasteiger partial charge in [-0.25, -0.2) is 13.6 Å². The van der Waals surface area contributed by atoms with Crippen LogP contribution in [0.15, 0.2) is 53.4 Å². The summed E-state index contributed by atoms with van der Waals surface area (Å²) < 4.78 is 24.0. The normalized spacial score (nSPS) is 16.0. The zero-order valence-electron chi connectivity index (χ0n) is 16.2. The third kappa shape index (κ3) is 3.92. The van der Waals surface area contributed by atoms with Gasteiger partial charge in [0.05, 0.1) is 4.90 Å². The van der Waals surface area contributed by atoms with E-state index in [4.69, 9.17) is 5.14 Å². The molecule has 150 valence electrons. The summed E-state index contributed by atoms with van der Waals surface area (Å²) in [6, 6.07) is 15.0. The number of nitrogens with one attached hydrogen (secondary N) is 1. The Morgan fingerprint density at radius 2 is 1.86 bits per heavy atom. The van der Waals surface area contributed by atoms with Gasteiger partial charge in [0, 0.05) is 18.3 Å². The number of aromatic nitrogens is 3. The van der Waals surface area contributed by atoms with Gasteiger partial charge in [0.15, 0.2) is 0 Å². The van der Waals surface area contributed by atoms with Crippen LogP contribution in [0.4, 0.5) is 17.6 Å². The molecule has 2 heterocycles. The van der Waals surface area contributed by atoms with Gasteiger partial charge in [-0.3, -0.25) is 0 Å². The molecule has 1 atom stereocenters. The minimum atomic E-state index is -3.80. The van der Waals surface area contributed by atoms with Gasteiger partial charge in [0.1, 0.15) is 5.82 Å². The molecule has 9 heteroatoms. The van der Waals surface area contributed by atoms with Gasteiger partial charge in [-0.05, 0) is 43.5 Å². The average molecular weight is 411 g/mol. The number of primary sulfonamides is 1. The van der Waals surface area contributed by atoms with Gasteiger partial charge in [-0.15, -0.1) is 0 Å². The molecule has 0 spiro atoms. The number of fused-ring (bicyclic) bond motifs is 1. The van der Waals surface area contributed by atoms with Crippen LogP contribution in [0.5, 0.6) is 0 Å². The summed E-state index contributed by atoms with van der Waals surface area (Å²) in [7, 11) is -3.80. The molecule has 0 saturated carbocycles. The average Bonchev–Trinajstić information content (AvgIpc) is 3.01. The third-order valence-electron chi connectivity index (χ3n) is 4.86. The molecule has 4 rings (SSSR count). The van der Waals surface area contributed by atoms with Crippen LogP contribution in [0.2, 0.25) is 0 Å². The fraction of sp³-hybridized carbons (Fsp3) is 0.250. The summed E-state index contributed by atoms with van der Waals surface area (Å²) in [6.07, 6.45) is 0.541. The lowest BCUT2D eigenvalue weighted by Gasteiger charge is -2.23. The summed E-state index contributed by atoms with van der Waals surface area (Å²) in [4.78, 5) is 15.5. The molecule has 2 aromatic carbocycles. The number of hydrogen-bond donors (Lipinski definition) is 2. The molecular weight excluding hydrogens is 388 g/mol. The molecule has 3 aromatic rings. The fourth-order valence-corrected chi connectivity index (χ4v) is 4.41. The van der Waals surface area contributed by atoms with Crippen molar-refractivity contribution in [2.24, 2.45) is 5.14 Å². The third-order valence-corrected chi connectivity index (χ3v) is 5.85. The maximum atomic E-state index is 12.0. The Morgan fingerprint density at radius 1 is 1.10 bits per heavy atom. The highest BCUT2D eigenvalue weighted by Crippen LogP contribution is 2.39. The van der Waals surface area contributed by atoms with Crippen molar-refractivity contribution >= 4 is 27.6 Å². The molecule has 0 fully saturated rings. The molecule has 3 N–H and O–H groups in total. The fourth-order valence-electron chi connectivity index (χ4n) is 3.61. The Bertz CT molecular complexity index is 1150. The van der Waals surface area contributed by atoms with Gasteiger partial charge >= 0.3 is 0 Å². The van der Waals surface area contributed by atoms with Gasteiger partial charge in [-0.1, -0.05) is 36.4 Å². The minimum Gasteiger partial charge on any atom is -0.350 e. The van der Waals surface area contributed by atoms with E-state index in [2.05, 4.69) is 20.3 Å². The lowest BCUT2D eigenvalue weighted by Crippen LogP contribution is -2.26. The van der Waals surface area contributed by atoms with Crippen LogP contribution in [0.3, 0.4) is 0 Å². The molecule has 0 saturated heterocycles. The number of rotatable bonds is 5. The largest absolute Gasteiger partial charge is 0.350 e. The van der Waals surface area contributed by atoms with Crippen LogP contribution < -0.4 is 15.4 Å². The van der Waals surface area contributed by atoms with Crippen molar-refractivity contribution in [3.8, 4) is 0 Å². The predicted octanol–water partition coefficient (Wildman–Crippen LogP) is 2.52. The molecule has 29 heavy (non-hydrogen) atoms. The van der Waals surface area contributed by atoms with Gasteiger partial charge in [0.2, 0.25) is 21.9 Å². The van der Waals surface area contributed by atoms with Gasteiger partial charge in [0.25, 0.3) is 0 Å². The Morgan fingerprint density at radius 3 is 2.59 bits per heavy atom. The van der Waals surface area contributed by atoms with E-state index in [0.29, 0.717) is 36.3 Å². The number of anilines is 3. The van der Waals surface area contributed by atoms with Crippen LogP contribution in [0, 0.1) is 6.92 Å². The summed E-state index contributed by atoms with van der Waals surface area (Å²) in [5.74, 6) is 1.53. The first kappa shape index (κ1) is 19.3. The van der Waals surface area contributed by atoms with Crippen molar-refractivity contribution < 1.29 is 8.42 Å². The second-order valence-corrected chi connectivity index (χ2v) is 8.60. The smallest absolute Gasteiger partial charge is 0.238 e. The van der Waals surface area contributed by atoms with Crippen LogP contribution in [-0.2, 0) is 23.0 Å². The van der Waals surface area contributed by atoms with E-state index in [9.17, 15) is 8.42 Å². The SMILES string of the molecule is Cc1nc(NCc2ccccc2)nc(N2c3cccc(S(N)(=O)=O)c3CC2C)n1. The minimum absolute atomic E-state index is 0.0170. The van der Waals surface area contributed by atoms with Crippen LogP contribution in [-0.4, -0.2) is 29.4 Å². The van der Waals surface area contributed by atoms with Gasteiger partial charge in [-0.2, -0.15) is 15.0 Å². The van der Waals surface area contributed by atoms with E-state index < -0.39 is 10.0 Å². The maximum absolute atomic E-state index is 12.0. The summed E-state index contributed by atoms with van der Waals surface area (Å²) in [6.45, 7) is 4.40. The van der Waals surface area contributed by atoms with E-state index in [1.807, 2.05) is 48.2 Å². The first-order chi connectivity index (χ1) is 13.8. The number of benzene rings is 2. The standard InChI is InChI=1S/C20H22N6O2S/c1-13-11-16-17(9-6-10-18(16)29(21,27)28)26(13)20-24-14(2)23-19(25-20)22-12-15-7-4-3-5-8-15/h3-10,13H,11-12H2,1-2H3,(H2,21,27,28)(H,22,23,24,25). The number of sulfonamides is 1. The summed E-state index contributed by atoms with van der Waals surface area (Å²) in [5.41, 5.74) is 2.56. The number of nitrogens with two attached hydrogens (primary N) is 1. The van der Waals surface area contributed by atoms with E-state index in [1.54, 1.807) is 13.0 Å². The van der Waals surface area contributed by atoms with Crippen molar-refractivity contribution in [3.63, 3.8) is 0 Å². The Labute approximate surface area is 169 Å². The highest BCUT2D eigenvalue weighted by Gasteiger charge is 2.33. The Balaban J connectivity index is 1.68. The lowest BCUT2D eigenvalue weighted by molar-refractivity contribution is 0.596. The second-order valence-electron chi connectivity index (χ2n) is 7.07. The molecule has 0 aliphatic carbocycles. The van der Waals surface area contributed by atoms with E-state index in [0.717, 1.165) is 11.3 Å². The van der Waals surface area contributed by atoms with Gasteiger partial charge < -0.3 is 10.2 Å². The summed E-state index contributed by atoms with van der Waals surface area (Å²) >= 11 is 0. The molecule has 0 amide bonds. The molecular formula is C20H22N6O2S. The summed E-state index contributed by atoms with van der Waals surface area (Å²) in [5, 5.41) is 8.64. The first-order valence-corrected chi connectivity index (χ1v) is 10.8. The highest BCUT2D eigenvalue weighted by atomic mass is 32.2. The molecule has 1 unspecified atom stereocenters. The molecule has 0 radical (unpaired) electrons. The number of nitrogens with zero attached hydrogens (tertiary/aromatic N) is 4. The van der Waals surface area contributed by atoms with E-state index in [-0.39, 0.29) is 10.9 Å². The van der Waals surface area contributed by atoms with Crippen molar-refractivity contribution in [1.29, 1.82) is 0 Å². The first-order valence-electron chi connectivity index (χ1n) is 9.27. The molecule has 1 aromatic heterocycles. The van der Waals surface area contributed by atoms with Crippen molar-refractivity contribution in [1.82, 2.24) is 15.0 Å². The topological polar surface area (TPSA) is 114 Å². The molecule has 8 nitrogen and oxygen atoms in total. The quantitative estimate of drug-likeness (QED) is 0.664. The highest BCUT2D eigenvalue weighted by molar-refractivity contribution is 7.89. The van der Waals surface area contributed by atoms with Crippen LogP contribution in [0.1, 0.15) is 23.9 Å². The second kappa shape index (κ2) is 7.41. The predicted molar refractivity (Wildman–Crippen MR) is 111 cm³/mol. The van der Waals surface area contributed by atoms with Crippen molar-refractivity contribution in [2.75, 3.05) is 10.2 Å². The van der Waals surface area contributed by atoms with Crippen LogP contribution >= 0.6 is 0 Å². The maximum Gasteiger partial charge on any atom is 0.238 e.